The van der Waals surface area contributed by atoms with E-state index in [0.29, 0.717) is 19.1 Å². The molecule has 10 heteroatoms. The van der Waals surface area contributed by atoms with Crippen LogP contribution in [0, 0.1) is 0 Å². The zero-order valence-corrected chi connectivity index (χ0v) is 18.4. The topological polar surface area (TPSA) is 105 Å². The van der Waals surface area contributed by atoms with Crippen LogP contribution in [0.15, 0.2) is 4.99 Å². The zero-order valence-electron chi connectivity index (χ0n) is 16.0. The number of aliphatic imine (C=N–C) groups is 1. The number of carbonyl (C=O) groups excluding carboxylic acids is 1. The summed E-state index contributed by atoms with van der Waals surface area (Å²) in [5, 5.41) is 14.2. The predicted molar refractivity (Wildman–Crippen MR) is 113 cm³/mol. The summed E-state index contributed by atoms with van der Waals surface area (Å²) in [5.41, 5.74) is 0. The van der Waals surface area contributed by atoms with Gasteiger partial charge in [-0.25, -0.2) is 9.67 Å². The Bertz CT molecular complexity index is 645. The Balaban J connectivity index is 0.00000261. The van der Waals surface area contributed by atoms with Crippen molar-refractivity contribution in [1.82, 2.24) is 30.7 Å². The van der Waals surface area contributed by atoms with E-state index >= 15 is 0 Å². The van der Waals surface area contributed by atoms with Gasteiger partial charge in [0.25, 0.3) is 0 Å². The molecule has 1 aromatic heterocycles. The number of ether oxygens (including phenoxy) is 1. The SMILES string of the molecule is CN=C(NCCCC(=O)NC1CC1)NC1CCc2nc(COC)nn2C1.I. The van der Waals surface area contributed by atoms with E-state index in [1.165, 1.54) is 0 Å². The molecule has 1 unspecified atom stereocenters. The van der Waals surface area contributed by atoms with Crippen LogP contribution in [0.5, 0.6) is 0 Å². The summed E-state index contributed by atoms with van der Waals surface area (Å²) >= 11 is 0. The highest BCUT2D eigenvalue weighted by atomic mass is 127. The monoisotopic (exact) mass is 491 g/mol. The molecule has 1 atom stereocenters. The van der Waals surface area contributed by atoms with Gasteiger partial charge in [-0.2, -0.15) is 5.10 Å². The maximum absolute atomic E-state index is 11.7. The lowest BCUT2D eigenvalue weighted by molar-refractivity contribution is -0.121. The third-order valence-electron chi connectivity index (χ3n) is 4.56. The molecular formula is C17H30IN7O2. The van der Waals surface area contributed by atoms with Crippen LogP contribution in [0.2, 0.25) is 0 Å². The van der Waals surface area contributed by atoms with Crippen LogP contribution >= 0.6 is 24.0 Å². The molecule has 0 saturated heterocycles. The van der Waals surface area contributed by atoms with E-state index in [-0.39, 0.29) is 35.9 Å². The van der Waals surface area contributed by atoms with Crippen LogP contribution in [-0.4, -0.2) is 59.4 Å². The number of hydrogen-bond donors (Lipinski definition) is 3. The van der Waals surface area contributed by atoms with Gasteiger partial charge < -0.3 is 20.7 Å². The molecule has 1 saturated carbocycles. The second-order valence-electron chi connectivity index (χ2n) is 6.88. The first-order chi connectivity index (χ1) is 12.7. The minimum Gasteiger partial charge on any atom is -0.377 e. The van der Waals surface area contributed by atoms with Crippen molar-refractivity contribution in [2.75, 3.05) is 20.7 Å². The standard InChI is InChI=1S/C17H29N7O2.HI/c1-18-17(19-9-3-4-16(25)20-12-5-6-12)21-13-7-8-15-22-14(11-26-2)23-24(15)10-13;/h12-13H,3-11H2,1-2H3,(H,20,25)(H2,18,19,21);1H. The average molecular weight is 491 g/mol. The van der Waals surface area contributed by atoms with Crippen LogP contribution in [0.1, 0.15) is 43.8 Å². The smallest absolute Gasteiger partial charge is 0.220 e. The van der Waals surface area contributed by atoms with Gasteiger partial charge in [0.05, 0.1) is 6.54 Å². The van der Waals surface area contributed by atoms with Crippen LogP contribution < -0.4 is 16.0 Å². The first-order valence-corrected chi connectivity index (χ1v) is 9.36. The molecule has 0 bridgehead atoms. The highest BCUT2D eigenvalue weighted by molar-refractivity contribution is 14.0. The van der Waals surface area contributed by atoms with Crippen molar-refractivity contribution in [2.45, 2.75) is 63.8 Å². The summed E-state index contributed by atoms with van der Waals surface area (Å²) in [7, 11) is 3.41. The normalized spacial score (nSPS) is 19.0. The number of aromatic nitrogens is 3. The Morgan fingerprint density at radius 2 is 2.11 bits per heavy atom. The quantitative estimate of drug-likeness (QED) is 0.213. The number of hydrogen-bond acceptors (Lipinski definition) is 5. The number of aryl methyl sites for hydroxylation is 1. The molecule has 3 N–H and O–H groups in total. The minimum atomic E-state index is 0. The van der Waals surface area contributed by atoms with E-state index < -0.39 is 0 Å². The highest BCUT2D eigenvalue weighted by Gasteiger charge is 2.23. The molecule has 27 heavy (non-hydrogen) atoms. The Labute approximate surface area is 177 Å². The summed E-state index contributed by atoms with van der Waals surface area (Å²) in [4.78, 5) is 20.4. The number of amides is 1. The van der Waals surface area contributed by atoms with Crippen molar-refractivity contribution in [3.63, 3.8) is 0 Å². The average Bonchev–Trinajstić information content (AvgIpc) is 3.34. The molecule has 1 aliphatic heterocycles. The second-order valence-corrected chi connectivity index (χ2v) is 6.88. The van der Waals surface area contributed by atoms with Gasteiger partial charge >= 0.3 is 0 Å². The molecule has 2 aliphatic rings. The Kier molecular flexibility index (Phi) is 8.74. The molecule has 1 fully saturated rings. The van der Waals surface area contributed by atoms with Crippen molar-refractivity contribution in [2.24, 2.45) is 4.99 Å². The number of carbonyl (C=O) groups is 1. The lowest BCUT2D eigenvalue weighted by atomic mass is 10.1. The van der Waals surface area contributed by atoms with Crippen molar-refractivity contribution < 1.29 is 9.53 Å². The molecule has 2 heterocycles. The first-order valence-electron chi connectivity index (χ1n) is 9.36. The van der Waals surface area contributed by atoms with Gasteiger partial charge in [0, 0.05) is 45.6 Å². The van der Waals surface area contributed by atoms with E-state index in [1.54, 1.807) is 14.2 Å². The lowest BCUT2D eigenvalue weighted by Crippen LogP contribution is -2.47. The summed E-state index contributed by atoms with van der Waals surface area (Å²) in [6, 6.07) is 0.686. The molecule has 3 rings (SSSR count). The third kappa shape index (κ3) is 6.91. The molecular weight excluding hydrogens is 461 g/mol. The molecule has 1 amide bonds. The number of nitrogens with zero attached hydrogens (tertiary/aromatic N) is 4. The summed E-state index contributed by atoms with van der Waals surface area (Å²) in [5.74, 6) is 2.66. The minimum absolute atomic E-state index is 0. The lowest BCUT2D eigenvalue weighted by Gasteiger charge is -2.25. The largest absolute Gasteiger partial charge is 0.377 e. The molecule has 1 aromatic rings. The number of nitrogens with one attached hydrogen (secondary N) is 3. The van der Waals surface area contributed by atoms with Crippen LogP contribution in [-0.2, 0) is 29.1 Å². The molecule has 0 aromatic carbocycles. The van der Waals surface area contributed by atoms with Crippen LogP contribution in [0.3, 0.4) is 0 Å². The fourth-order valence-corrected chi connectivity index (χ4v) is 3.04. The number of methoxy groups -OCH3 is 1. The van der Waals surface area contributed by atoms with Crippen LogP contribution in [0.4, 0.5) is 0 Å². The van der Waals surface area contributed by atoms with E-state index in [0.717, 1.165) is 62.8 Å². The number of halogens is 1. The first kappa shape index (κ1) is 21.9. The number of rotatable bonds is 8. The van der Waals surface area contributed by atoms with E-state index in [4.69, 9.17) is 4.74 Å². The fourth-order valence-electron chi connectivity index (χ4n) is 3.04. The van der Waals surface area contributed by atoms with Gasteiger partial charge in [-0.1, -0.05) is 0 Å². The van der Waals surface area contributed by atoms with Gasteiger partial charge in [-0.15, -0.1) is 24.0 Å². The number of fused-ring (bicyclic) bond motifs is 1. The zero-order chi connectivity index (χ0) is 18.4. The molecule has 0 spiro atoms. The number of guanidine groups is 1. The van der Waals surface area contributed by atoms with Gasteiger partial charge in [0.2, 0.25) is 5.91 Å². The molecule has 152 valence electrons. The predicted octanol–water partition coefficient (Wildman–Crippen LogP) is 0.581. The van der Waals surface area contributed by atoms with Crippen molar-refractivity contribution in [1.29, 1.82) is 0 Å². The van der Waals surface area contributed by atoms with Crippen molar-refractivity contribution in [3.05, 3.63) is 11.6 Å². The Morgan fingerprint density at radius 3 is 2.81 bits per heavy atom. The van der Waals surface area contributed by atoms with Crippen molar-refractivity contribution in [3.8, 4) is 0 Å². The molecule has 0 radical (unpaired) electrons. The maximum atomic E-state index is 11.7. The van der Waals surface area contributed by atoms with E-state index in [9.17, 15) is 4.79 Å². The van der Waals surface area contributed by atoms with Crippen molar-refractivity contribution >= 4 is 35.8 Å². The van der Waals surface area contributed by atoms with Gasteiger partial charge in [0.15, 0.2) is 11.8 Å². The maximum Gasteiger partial charge on any atom is 0.220 e. The fraction of sp³-hybridized carbons (Fsp3) is 0.765. The van der Waals surface area contributed by atoms with Crippen LogP contribution in [0.25, 0.3) is 0 Å². The summed E-state index contributed by atoms with van der Waals surface area (Å²) in [6.07, 6.45) is 5.46. The van der Waals surface area contributed by atoms with Gasteiger partial charge in [0.1, 0.15) is 12.4 Å². The molecule has 1 aliphatic carbocycles. The molecule has 9 nitrogen and oxygen atoms in total. The van der Waals surface area contributed by atoms with Gasteiger partial charge in [-0.05, 0) is 25.7 Å². The summed E-state index contributed by atoms with van der Waals surface area (Å²) in [6.45, 7) is 1.92. The Morgan fingerprint density at radius 1 is 1.30 bits per heavy atom. The second kappa shape index (κ2) is 10.8. The summed E-state index contributed by atoms with van der Waals surface area (Å²) < 4.78 is 7.05. The van der Waals surface area contributed by atoms with E-state index in [1.807, 2.05) is 4.68 Å². The van der Waals surface area contributed by atoms with Gasteiger partial charge in [-0.3, -0.25) is 9.79 Å². The third-order valence-corrected chi connectivity index (χ3v) is 4.56. The Hall–Kier alpha value is -1.43. The highest BCUT2D eigenvalue weighted by Crippen LogP contribution is 2.18. The van der Waals surface area contributed by atoms with E-state index in [2.05, 4.69) is 31.0 Å².